The highest BCUT2D eigenvalue weighted by Gasteiger charge is 2.37. The van der Waals surface area contributed by atoms with E-state index in [-0.39, 0.29) is 32.0 Å². The van der Waals surface area contributed by atoms with Gasteiger partial charge >= 0.3 is 5.97 Å². The summed E-state index contributed by atoms with van der Waals surface area (Å²) < 4.78 is 27.9. The van der Waals surface area contributed by atoms with Gasteiger partial charge in [0.1, 0.15) is 0 Å². The molecule has 3 aliphatic heterocycles. The molecule has 7 nitrogen and oxygen atoms in total. The molecule has 0 amide bonds. The Kier molecular flexibility index (Phi) is 3.93. The third-order valence-corrected chi connectivity index (χ3v) is 6.17. The van der Waals surface area contributed by atoms with Crippen LogP contribution in [0.15, 0.2) is 36.4 Å². The van der Waals surface area contributed by atoms with E-state index in [0.29, 0.717) is 18.1 Å². The minimum absolute atomic E-state index is 0.176. The molecule has 3 heterocycles. The lowest BCUT2D eigenvalue weighted by atomic mass is 9.84. The maximum absolute atomic E-state index is 12.5. The molecule has 3 aromatic carbocycles. The molecule has 7 heteroatoms. The molecule has 6 rings (SSSR count). The summed E-state index contributed by atoms with van der Waals surface area (Å²) in [5, 5.41) is 2.09. The number of ether oxygens (including phenoxy) is 5. The third-order valence-electron chi connectivity index (χ3n) is 6.17. The van der Waals surface area contributed by atoms with Crippen LogP contribution in [0, 0.1) is 0 Å². The Morgan fingerprint density at radius 3 is 2.58 bits per heavy atom. The zero-order chi connectivity index (χ0) is 21.1. The number of benzene rings is 3. The monoisotopic (exact) mass is 419 g/mol. The number of rotatable bonds is 3. The molecule has 3 aliphatic rings. The van der Waals surface area contributed by atoms with E-state index in [9.17, 15) is 4.79 Å². The quantitative estimate of drug-likeness (QED) is 0.583. The minimum Gasteiger partial charge on any atom is -0.466 e. The molecule has 0 saturated heterocycles. The predicted octanol–water partition coefficient (Wildman–Crippen LogP) is 4.41. The summed E-state index contributed by atoms with van der Waals surface area (Å²) >= 11 is 0. The first-order chi connectivity index (χ1) is 15.2. The van der Waals surface area contributed by atoms with Crippen molar-refractivity contribution in [2.24, 2.45) is 0 Å². The van der Waals surface area contributed by atoms with Crippen LogP contribution in [-0.4, -0.2) is 33.2 Å². The van der Waals surface area contributed by atoms with Gasteiger partial charge in [0.25, 0.3) is 0 Å². The van der Waals surface area contributed by atoms with Crippen LogP contribution in [0.3, 0.4) is 0 Å². The lowest BCUT2D eigenvalue weighted by molar-refractivity contribution is -0.143. The van der Waals surface area contributed by atoms with Crippen molar-refractivity contribution < 1.29 is 28.5 Å². The molecule has 31 heavy (non-hydrogen) atoms. The summed E-state index contributed by atoms with van der Waals surface area (Å²) in [5.74, 6) is 2.64. The Balaban J connectivity index is 1.60. The van der Waals surface area contributed by atoms with Crippen LogP contribution in [0.5, 0.6) is 23.0 Å². The van der Waals surface area contributed by atoms with Gasteiger partial charge in [0.2, 0.25) is 13.6 Å². The average molecular weight is 419 g/mol. The fourth-order valence-corrected chi connectivity index (χ4v) is 4.82. The second kappa shape index (κ2) is 6.70. The van der Waals surface area contributed by atoms with Gasteiger partial charge in [-0.15, -0.1) is 0 Å². The Bertz CT molecular complexity index is 1240. The zero-order valence-corrected chi connectivity index (χ0v) is 17.3. The first kappa shape index (κ1) is 18.2. The maximum Gasteiger partial charge on any atom is 0.308 e. The van der Waals surface area contributed by atoms with Gasteiger partial charge in [-0.2, -0.15) is 0 Å². The van der Waals surface area contributed by atoms with Gasteiger partial charge in [-0.1, -0.05) is 12.1 Å². The highest BCUT2D eigenvalue weighted by molar-refractivity contribution is 6.06. The van der Waals surface area contributed by atoms with Gasteiger partial charge in [-0.25, -0.2) is 0 Å². The number of anilines is 1. The second-order valence-corrected chi connectivity index (χ2v) is 7.78. The van der Waals surface area contributed by atoms with Gasteiger partial charge in [-0.05, 0) is 42.1 Å². The van der Waals surface area contributed by atoms with Crippen LogP contribution in [-0.2, 0) is 9.53 Å². The number of hydrogen-bond donors (Lipinski definition) is 0. The van der Waals surface area contributed by atoms with Crippen LogP contribution < -0.4 is 23.8 Å². The molecule has 0 saturated carbocycles. The van der Waals surface area contributed by atoms with Crippen molar-refractivity contribution in [1.82, 2.24) is 0 Å². The number of carbonyl (C=O) groups excluding carboxylic acids is 1. The van der Waals surface area contributed by atoms with Gasteiger partial charge in [0, 0.05) is 23.6 Å². The molecule has 0 aliphatic carbocycles. The van der Waals surface area contributed by atoms with Crippen molar-refractivity contribution in [3.63, 3.8) is 0 Å². The molecule has 0 fully saturated rings. The highest BCUT2D eigenvalue weighted by Crippen LogP contribution is 2.55. The lowest BCUT2D eigenvalue weighted by Gasteiger charge is -2.38. The molecule has 0 radical (unpaired) electrons. The summed E-state index contributed by atoms with van der Waals surface area (Å²) in [6.07, 6.45) is 0.206. The average Bonchev–Trinajstić information content (AvgIpc) is 3.43. The lowest BCUT2D eigenvalue weighted by Crippen LogP contribution is -2.31. The van der Waals surface area contributed by atoms with E-state index in [1.54, 1.807) is 0 Å². The Hall–Kier alpha value is -3.61. The van der Waals surface area contributed by atoms with Gasteiger partial charge < -0.3 is 28.6 Å². The number of carbonyl (C=O) groups is 1. The van der Waals surface area contributed by atoms with Gasteiger partial charge in [0.05, 0.1) is 24.8 Å². The summed E-state index contributed by atoms with van der Waals surface area (Å²) in [6.45, 7) is 2.56. The first-order valence-corrected chi connectivity index (χ1v) is 10.3. The third kappa shape index (κ3) is 2.62. The number of nitrogens with zero attached hydrogens (tertiary/aromatic N) is 1. The first-order valence-electron chi connectivity index (χ1n) is 10.3. The van der Waals surface area contributed by atoms with Crippen molar-refractivity contribution >= 4 is 22.4 Å². The van der Waals surface area contributed by atoms with E-state index in [1.165, 1.54) is 0 Å². The Labute approximate surface area is 179 Å². The predicted molar refractivity (Wildman–Crippen MR) is 114 cm³/mol. The number of esters is 1. The maximum atomic E-state index is 12.5. The van der Waals surface area contributed by atoms with Gasteiger partial charge in [-0.3, -0.25) is 4.79 Å². The van der Waals surface area contributed by atoms with E-state index in [4.69, 9.17) is 23.7 Å². The molecule has 1 atom stereocenters. The standard InChI is InChI=1S/C24H21NO6/c1-3-27-21(26)10-17-22-14(6-7-18-24(22)31-12-28-18)15-5-4-13-8-19-20(30-11-29-19)9-16(13)23(15)25(17)2/h4-9,17H,3,10-12H2,1-2H3/t17-/m1/s1. The molecule has 0 spiro atoms. The van der Waals surface area contributed by atoms with E-state index in [0.717, 1.165) is 44.6 Å². The minimum atomic E-state index is -0.255. The van der Waals surface area contributed by atoms with Crippen molar-refractivity contribution in [3.05, 3.63) is 42.0 Å². The summed E-state index contributed by atoms with van der Waals surface area (Å²) in [7, 11) is 2.00. The largest absolute Gasteiger partial charge is 0.466 e. The van der Waals surface area contributed by atoms with E-state index in [2.05, 4.69) is 17.0 Å². The van der Waals surface area contributed by atoms with E-state index < -0.39 is 0 Å². The smallest absolute Gasteiger partial charge is 0.308 e. The number of hydrogen-bond acceptors (Lipinski definition) is 7. The number of fused-ring (bicyclic) bond motifs is 8. The van der Waals surface area contributed by atoms with Crippen LogP contribution in [0.25, 0.3) is 21.9 Å². The SMILES string of the molecule is CCOC(=O)C[C@@H]1c2c(ccc3c2OCO3)-c2ccc3cc4c(cc3c2N1C)OCO4. The highest BCUT2D eigenvalue weighted by atomic mass is 16.7. The van der Waals surface area contributed by atoms with Crippen molar-refractivity contribution in [2.75, 3.05) is 32.1 Å². The zero-order valence-electron chi connectivity index (χ0n) is 17.3. The normalized spacial score (nSPS) is 17.5. The van der Waals surface area contributed by atoms with Crippen molar-refractivity contribution in [2.45, 2.75) is 19.4 Å². The molecular formula is C24H21NO6. The van der Waals surface area contributed by atoms with Crippen LogP contribution in [0.1, 0.15) is 24.9 Å². The molecule has 0 aromatic heterocycles. The summed E-state index contributed by atoms with van der Waals surface area (Å²) in [6, 6.07) is 11.9. The van der Waals surface area contributed by atoms with E-state index >= 15 is 0 Å². The molecule has 0 unspecified atom stereocenters. The molecule has 158 valence electrons. The topological polar surface area (TPSA) is 66.5 Å². The summed E-state index contributed by atoms with van der Waals surface area (Å²) in [5.41, 5.74) is 4.10. The van der Waals surface area contributed by atoms with Crippen LogP contribution in [0.4, 0.5) is 5.69 Å². The molecule has 0 bridgehead atoms. The molecule has 3 aromatic rings. The second-order valence-electron chi connectivity index (χ2n) is 7.78. The van der Waals surface area contributed by atoms with Crippen molar-refractivity contribution in [1.29, 1.82) is 0 Å². The van der Waals surface area contributed by atoms with Crippen LogP contribution in [0.2, 0.25) is 0 Å². The molecular weight excluding hydrogens is 398 g/mol. The van der Waals surface area contributed by atoms with Gasteiger partial charge in [0.15, 0.2) is 23.0 Å². The van der Waals surface area contributed by atoms with E-state index in [1.807, 2.05) is 38.2 Å². The fraction of sp³-hybridized carbons (Fsp3) is 0.292. The molecule has 0 N–H and O–H groups in total. The Morgan fingerprint density at radius 1 is 1.00 bits per heavy atom. The fourth-order valence-electron chi connectivity index (χ4n) is 4.82. The Morgan fingerprint density at radius 2 is 1.74 bits per heavy atom. The van der Waals surface area contributed by atoms with Crippen LogP contribution >= 0.6 is 0 Å². The summed E-state index contributed by atoms with van der Waals surface area (Å²) in [4.78, 5) is 14.7. The van der Waals surface area contributed by atoms with Crippen molar-refractivity contribution in [3.8, 4) is 34.1 Å².